The van der Waals surface area contributed by atoms with Crippen LogP contribution in [-0.2, 0) is 6.42 Å². The number of nitrogens with zero attached hydrogens (tertiary/aromatic N) is 2. The standard InChI is InChI=1S/C32H44N4/c1-10-22(5)29-19-30-31(15-23(29)6)33-20-36(9)32(30)18-26-13-12-14-28(17-26)35-25(8)34-24(7)16-27(11-2)21(3)4/h11-17,19,21-22,34-35H,8,10,18,20H2,1-7,9H3/b24-16+,27-11+. The summed E-state index contributed by atoms with van der Waals surface area (Å²) in [5.74, 6) is 1.79. The molecule has 4 nitrogen and oxygen atoms in total. The summed E-state index contributed by atoms with van der Waals surface area (Å²) in [4.78, 5) is 7.12. The van der Waals surface area contributed by atoms with E-state index < -0.39 is 0 Å². The fourth-order valence-corrected chi connectivity index (χ4v) is 4.79. The van der Waals surface area contributed by atoms with E-state index in [4.69, 9.17) is 4.99 Å². The first-order chi connectivity index (χ1) is 17.1. The van der Waals surface area contributed by atoms with Crippen LogP contribution < -0.4 is 21.2 Å². The maximum atomic E-state index is 4.84. The van der Waals surface area contributed by atoms with Gasteiger partial charge in [0.15, 0.2) is 0 Å². The molecule has 3 rings (SSSR count). The van der Waals surface area contributed by atoms with Crippen molar-refractivity contribution in [2.24, 2.45) is 10.9 Å². The Bertz CT molecular complexity index is 1280. The first-order valence-corrected chi connectivity index (χ1v) is 13.2. The van der Waals surface area contributed by atoms with Gasteiger partial charge in [0.05, 0.1) is 11.2 Å². The molecule has 4 heteroatoms. The molecule has 0 amide bonds. The molecule has 0 saturated heterocycles. The van der Waals surface area contributed by atoms with Gasteiger partial charge in [0, 0.05) is 35.8 Å². The van der Waals surface area contributed by atoms with Gasteiger partial charge in [0.25, 0.3) is 0 Å². The van der Waals surface area contributed by atoms with Gasteiger partial charge in [0.1, 0.15) is 6.67 Å². The minimum atomic E-state index is 0.489. The van der Waals surface area contributed by atoms with Gasteiger partial charge in [0.2, 0.25) is 0 Å². The zero-order chi connectivity index (χ0) is 26.4. The molecule has 0 aliphatic carbocycles. The van der Waals surface area contributed by atoms with Crippen molar-refractivity contribution in [3.8, 4) is 0 Å². The Morgan fingerprint density at radius 3 is 2.61 bits per heavy atom. The third-order valence-electron chi connectivity index (χ3n) is 7.08. The summed E-state index contributed by atoms with van der Waals surface area (Å²) in [5, 5.41) is 9.20. The average Bonchev–Trinajstić information content (AvgIpc) is 2.83. The van der Waals surface area contributed by atoms with Gasteiger partial charge in [-0.3, -0.25) is 4.99 Å². The van der Waals surface area contributed by atoms with Crippen LogP contribution in [0.5, 0.6) is 0 Å². The van der Waals surface area contributed by atoms with Crippen molar-refractivity contribution in [2.45, 2.75) is 67.2 Å². The normalized spacial score (nSPS) is 14.9. The van der Waals surface area contributed by atoms with Crippen molar-refractivity contribution < 1.29 is 0 Å². The molecule has 2 aromatic rings. The molecule has 192 valence electrons. The Morgan fingerprint density at radius 1 is 1.19 bits per heavy atom. The highest BCUT2D eigenvalue weighted by molar-refractivity contribution is 5.55. The van der Waals surface area contributed by atoms with Crippen LogP contribution >= 0.6 is 0 Å². The lowest BCUT2D eigenvalue weighted by Crippen LogP contribution is -2.40. The number of benzene rings is 2. The van der Waals surface area contributed by atoms with Gasteiger partial charge in [-0.05, 0) is 91.6 Å². The second kappa shape index (κ2) is 12.1. The third-order valence-corrected chi connectivity index (χ3v) is 7.08. The highest BCUT2D eigenvalue weighted by Crippen LogP contribution is 2.22. The van der Waals surface area contributed by atoms with Crippen molar-refractivity contribution in [3.05, 3.63) is 99.5 Å². The van der Waals surface area contributed by atoms with E-state index in [2.05, 4.69) is 126 Å². The predicted molar refractivity (Wildman–Crippen MR) is 155 cm³/mol. The predicted octanol–water partition coefficient (Wildman–Crippen LogP) is 6.36. The van der Waals surface area contributed by atoms with E-state index in [0.717, 1.165) is 35.4 Å². The number of nitrogens with one attached hydrogen (secondary N) is 2. The first kappa shape index (κ1) is 27.3. The van der Waals surface area contributed by atoms with Crippen LogP contribution in [0.4, 0.5) is 5.69 Å². The molecular weight excluding hydrogens is 440 g/mol. The number of aryl methyl sites for hydroxylation is 1. The Balaban J connectivity index is 1.84. The molecule has 2 aromatic carbocycles. The van der Waals surface area contributed by atoms with E-state index in [-0.39, 0.29) is 0 Å². The molecule has 0 radical (unpaired) electrons. The summed E-state index contributed by atoms with van der Waals surface area (Å²) in [6, 6.07) is 13.3. The number of hydrogen-bond donors (Lipinski definition) is 2. The van der Waals surface area contributed by atoms with Crippen LogP contribution in [-0.4, -0.2) is 18.6 Å². The first-order valence-electron chi connectivity index (χ1n) is 13.2. The highest BCUT2D eigenvalue weighted by atomic mass is 15.2. The number of allylic oxidation sites excluding steroid dienone is 4. The SMILES string of the molecule is C=C(N/C(C)=C/C(=C\C)C(C)C)Nc1cccc(CC2=c3cc(C(C)CC)c(C)cc3=NCN2C)c1. The quantitative estimate of drug-likeness (QED) is 0.386. The Kier molecular flexibility index (Phi) is 9.19. The van der Waals surface area contributed by atoms with Gasteiger partial charge in [-0.1, -0.05) is 52.5 Å². The minimum Gasteiger partial charge on any atom is -0.358 e. The monoisotopic (exact) mass is 484 g/mol. The van der Waals surface area contributed by atoms with Crippen molar-refractivity contribution in [1.29, 1.82) is 0 Å². The highest BCUT2D eigenvalue weighted by Gasteiger charge is 2.15. The van der Waals surface area contributed by atoms with Crippen LogP contribution in [0.1, 0.15) is 70.6 Å². The van der Waals surface area contributed by atoms with Gasteiger partial charge >= 0.3 is 0 Å². The average molecular weight is 485 g/mol. The molecule has 1 atom stereocenters. The van der Waals surface area contributed by atoms with Gasteiger partial charge in [-0.25, -0.2) is 0 Å². The molecule has 1 unspecified atom stereocenters. The lowest BCUT2D eigenvalue weighted by molar-refractivity contribution is 0.465. The van der Waals surface area contributed by atoms with E-state index in [1.807, 2.05) is 0 Å². The zero-order valence-corrected chi connectivity index (χ0v) is 23.5. The topological polar surface area (TPSA) is 39.7 Å². The molecule has 36 heavy (non-hydrogen) atoms. The van der Waals surface area contributed by atoms with Crippen LogP contribution in [0.2, 0.25) is 0 Å². The molecular formula is C32H44N4. The zero-order valence-electron chi connectivity index (χ0n) is 23.5. The van der Waals surface area contributed by atoms with E-state index in [1.54, 1.807) is 0 Å². The van der Waals surface area contributed by atoms with Crippen LogP contribution in [0, 0.1) is 12.8 Å². The van der Waals surface area contributed by atoms with E-state index in [9.17, 15) is 0 Å². The second-order valence-corrected chi connectivity index (χ2v) is 10.4. The molecule has 0 spiro atoms. The van der Waals surface area contributed by atoms with Gasteiger partial charge < -0.3 is 15.5 Å². The van der Waals surface area contributed by atoms with E-state index in [0.29, 0.717) is 18.5 Å². The smallest absolute Gasteiger partial charge is 0.110 e. The maximum Gasteiger partial charge on any atom is 0.110 e. The molecule has 1 aliphatic rings. The van der Waals surface area contributed by atoms with E-state index in [1.165, 1.54) is 33.2 Å². The second-order valence-electron chi connectivity index (χ2n) is 10.4. The fraction of sp³-hybridized carbons (Fsp3) is 0.406. The molecule has 1 aliphatic heterocycles. The number of hydrogen-bond acceptors (Lipinski definition) is 4. The summed E-state index contributed by atoms with van der Waals surface area (Å²) in [7, 11) is 2.14. The lowest BCUT2D eigenvalue weighted by Gasteiger charge is -2.25. The lowest BCUT2D eigenvalue weighted by atomic mass is 9.92. The Labute approximate surface area is 218 Å². The van der Waals surface area contributed by atoms with Crippen LogP contribution in [0.15, 0.2) is 77.2 Å². The molecule has 0 fully saturated rings. The molecule has 0 bridgehead atoms. The summed E-state index contributed by atoms with van der Waals surface area (Å²) >= 11 is 0. The molecule has 2 N–H and O–H groups in total. The summed E-state index contributed by atoms with van der Waals surface area (Å²) < 4.78 is 0. The number of fused-ring (bicyclic) bond motifs is 1. The molecule has 0 aromatic heterocycles. The van der Waals surface area contributed by atoms with E-state index >= 15 is 0 Å². The van der Waals surface area contributed by atoms with Crippen molar-refractivity contribution >= 4 is 11.4 Å². The maximum absolute atomic E-state index is 4.84. The summed E-state index contributed by atoms with van der Waals surface area (Å²) in [6.07, 6.45) is 6.33. The number of likely N-dealkylation sites (N-methyl/N-ethyl adjacent to an activating group) is 1. The van der Waals surface area contributed by atoms with Crippen LogP contribution in [0.25, 0.3) is 5.70 Å². The van der Waals surface area contributed by atoms with Gasteiger partial charge in [-0.2, -0.15) is 0 Å². The number of rotatable bonds is 10. The summed E-state index contributed by atoms with van der Waals surface area (Å²) in [6.45, 7) is 20.2. The van der Waals surface area contributed by atoms with Crippen molar-refractivity contribution in [3.63, 3.8) is 0 Å². The minimum absolute atomic E-state index is 0.489. The largest absolute Gasteiger partial charge is 0.358 e. The third kappa shape index (κ3) is 6.69. The van der Waals surface area contributed by atoms with Crippen molar-refractivity contribution in [1.82, 2.24) is 10.2 Å². The van der Waals surface area contributed by atoms with Crippen LogP contribution in [0.3, 0.4) is 0 Å². The molecule has 0 saturated carbocycles. The fourth-order valence-electron chi connectivity index (χ4n) is 4.79. The number of anilines is 1. The van der Waals surface area contributed by atoms with Gasteiger partial charge in [-0.15, -0.1) is 0 Å². The van der Waals surface area contributed by atoms with Crippen molar-refractivity contribution in [2.75, 3.05) is 19.0 Å². The molecule has 1 heterocycles. The Morgan fingerprint density at radius 2 is 1.94 bits per heavy atom. The summed E-state index contributed by atoms with van der Waals surface area (Å²) in [5.41, 5.74) is 8.76. The Hall–Kier alpha value is -3.27.